The highest BCUT2D eigenvalue weighted by Crippen LogP contribution is 2.21. The summed E-state index contributed by atoms with van der Waals surface area (Å²) in [5, 5.41) is 0. The predicted octanol–water partition coefficient (Wildman–Crippen LogP) is 3.18. The Kier molecular flexibility index (Phi) is 3.93. The molecule has 88 valence electrons. The molecule has 0 N–H and O–H groups in total. The molecule has 0 saturated carbocycles. The van der Waals surface area contributed by atoms with E-state index in [4.69, 9.17) is 9.47 Å². The normalized spacial score (nSPS) is 11.0. The third kappa shape index (κ3) is 4.34. The maximum absolute atomic E-state index is 11.0. The molecule has 0 aliphatic heterocycles. The first-order valence-electron chi connectivity index (χ1n) is 5.40. The minimum atomic E-state index is -0.232. The van der Waals surface area contributed by atoms with Crippen molar-refractivity contribution in [2.24, 2.45) is 0 Å². The fourth-order valence-electron chi connectivity index (χ4n) is 1.13. The number of rotatable bonds is 3. The minimum absolute atomic E-state index is 0.221. The lowest BCUT2D eigenvalue weighted by molar-refractivity contribution is -0.134. The van der Waals surface area contributed by atoms with Crippen LogP contribution in [0.15, 0.2) is 24.3 Å². The van der Waals surface area contributed by atoms with Gasteiger partial charge in [0.1, 0.15) is 17.1 Å². The van der Waals surface area contributed by atoms with E-state index < -0.39 is 0 Å². The number of esters is 1. The summed E-state index contributed by atoms with van der Waals surface area (Å²) in [6.07, 6.45) is 0.375. The lowest BCUT2D eigenvalue weighted by atomic mass is 10.2. The molecule has 0 heterocycles. The van der Waals surface area contributed by atoms with Gasteiger partial charge < -0.3 is 9.47 Å². The maximum Gasteiger partial charge on any atom is 0.310 e. The van der Waals surface area contributed by atoms with Crippen LogP contribution in [0.4, 0.5) is 0 Å². The molecule has 3 heteroatoms. The van der Waals surface area contributed by atoms with Crippen LogP contribution in [0.25, 0.3) is 0 Å². The number of ether oxygens (including phenoxy) is 2. The molecule has 0 spiro atoms. The van der Waals surface area contributed by atoms with Crippen molar-refractivity contribution in [3.63, 3.8) is 0 Å². The van der Waals surface area contributed by atoms with Gasteiger partial charge in [-0.15, -0.1) is 0 Å². The number of hydrogen-bond acceptors (Lipinski definition) is 3. The Balaban J connectivity index is 2.64. The molecule has 0 aromatic heterocycles. The molecule has 1 rings (SSSR count). The summed E-state index contributed by atoms with van der Waals surface area (Å²) >= 11 is 0. The van der Waals surface area contributed by atoms with Crippen molar-refractivity contribution in [3.8, 4) is 11.5 Å². The van der Waals surface area contributed by atoms with Gasteiger partial charge in [0.25, 0.3) is 0 Å². The standard InChI is InChI=1S/C13H18O3/c1-5-12(14)15-10-6-8-11(9-7-10)16-13(2,3)4/h6-9H,5H2,1-4H3. The summed E-state index contributed by atoms with van der Waals surface area (Å²) in [4.78, 5) is 11.0. The summed E-state index contributed by atoms with van der Waals surface area (Å²) in [6, 6.07) is 7.05. The molecular formula is C13H18O3. The molecule has 1 aromatic carbocycles. The molecule has 0 aliphatic rings. The highest BCUT2D eigenvalue weighted by Gasteiger charge is 2.11. The molecule has 1 aromatic rings. The van der Waals surface area contributed by atoms with Crippen molar-refractivity contribution in [1.82, 2.24) is 0 Å². The van der Waals surface area contributed by atoms with E-state index in [1.54, 1.807) is 31.2 Å². The molecule has 3 nitrogen and oxygen atoms in total. The summed E-state index contributed by atoms with van der Waals surface area (Å²) in [5.41, 5.74) is -0.221. The molecule has 0 radical (unpaired) electrons. The fourth-order valence-corrected chi connectivity index (χ4v) is 1.13. The van der Waals surface area contributed by atoms with Crippen molar-refractivity contribution in [2.45, 2.75) is 39.7 Å². The van der Waals surface area contributed by atoms with Gasteiger partial charge in [-0.2, -0.15) is 0 Å². The van der Waals surface area contributed by atoms with E-state index in [2.05, 4.69) is 0 Å². The summed E-state index contributed by atoms with van der Waals surface area (Å²) in [6.45, 7) is 7.72. The molecule has 0 aliphatic carbocycles. The smallest absolute Gasteiger partial charge is 0.310 e. The highest BCUT2D eigenvalue weighted by molar-refractivity contribution is 5.71. The van der Waals surface area contributed by atoms with Crippen LogP contribution in [0.5, 0.6) is 11.5 Å². The maximum atomic E-state index is 11.0. The van der Waals surface area contributed by atoms with Crippen molar-refractivity contribution < 1.29 is 14.3 Å². The minimum Gasteiger partial charge on any atom is -0.488 e. The molecular weight excluding hydrogens is 204 g/mol. The Bertz CT molecular complexity index is 346. The van der Waals surface area contributed by atoms with E-state index in [1.165, 1.54) is 0 Å². The molecule has 0 saturated heterocycles. The second-order valence-electron chi connectivity index (χ2n) is 4.51. The second kappa shape index (κ2) is 5.01. The van der Waals surface area contributed by atoms with Crippen molar-refractivity contribution in [2.75, 3.05) is 0 Å². The first-order valence-corrected chi connectivity index (χ1v) is 5.40. The molecule has 0 fully saturated rings. The van der Waals surface area contributed by atoms with Crippen LogP contribution >= 0.6 is 0 Å². The average molecular weight is 222 g/mol. The Morgan fingerprint density at radius 1 is 1.12 bits per heavy atom. The lowest BCUT2D eigenvalue weighted by Gasteiger charge is -2.21. The van der Waals surface area contributed by atoms with Gasteiger partial charge in [0.2, 0.25) is 0 Å². The summed E-state index contributed by atoms with van der Waals surface area (Å²) in [5.74, 6) is 1.08. The van der Waals surface area contributed by atoms with Crippen LogP contribution in [0, 0.1) is 0 Å². The summed E-state index contributed by atoms with van der Waals surface area (Å²) in [7, 11) is 0. The third-order valence-corrected chi connectivity index (χ3v) is 1.77. The number of hydrogen-bond donors (Lipinski definition) is 0. The van der Waals surface area contributed by atoms with E-state index >= 15 is 0 Å². The van der Waals surface area contributed by atoms with Crippen LogP contribution in [0.2, 0.25) is 0 Å². The van der Waals surface area contributed by atoms with Gasteiger partial charge in [-0.3, -0.25) is 4.79 Å². The van der Waals surface area contributed by atoms with Crippen LogP contribution in [-0.4, -0.2) is 11.6 Å². The van der Waals surface area contributed by atoms with Gasteiger partial charge in [0.15, 0.2) is 0 Å². The molecule has 16 heavy (non-hydrogen) atoms. The fraction of sp³-hybridized carbons (Fsp3) is 0.462. The van der Waals surface area contributed by atoms with E-state index in [0.717, 1.165) is 5.75 Å². The van der Waals surface area contributed by atoms with Gasteiger partial charge in [0.05, 0.1) is 0 Å². The van der Waals surface area contributed by atoms with Crippen molar-refractivity contribution in [1.29, 1.82) is 0 Å². The highest BCUT2D eigenvalue weighted by atomic mass is 16.5. The topological polar surface area (TPSA) is 35.5 Å². The summed E-state index contributed by atoms with van der Waals surface area (Å²) < 4.78 is 10.7. The van der Waals surface area contributed by atoms with E-state index in [0.29, 0.717) is 12.2 Å². The van der Waals surface area contributed by atoms with Gasteiger partial charge in [-0.1, -0.05) is 6.92 Å². The van der Waals surface area contributed by atoms with E-state index in [9.17, 15) is 4.79 Å². The molecule has 0 amide bonds. The van der Waals surface area contributed by atoms with E-state index in [1.807, 2.05) is 20.8 Å². The quantitative estimate of drug-likeness (QED) is 0.582. The molecule has 0 bridgehead atoms. The zero-order chi connectivity index (χ0) is 12.2. The monoisotopic (exact) mass is 222 g/mol. The Hall–Kier alpha value is -1.51. The number of benzene rings is 1. The van der Waals surface area contributed by atoms with Crippen LogP contribution in [-0.2, 0) is 4.79 Å². The number of carbonyl (C=O) groups excluding carboxylic acids is 1. The largest absolute Gasteiger partial charge is 0.488 e. The van der Waals surface area contributed by atoms with Gasteiger partial charge in [-0.05, 0) is 45.0 Å². The molecule has 0 atom stereocenters. The first kappa shape index (κ1) is 12.6. The van der Waals surface area contributed by atoms with E-state index in [-0.39, 0.29) is 11.6 Å². The van der Waals surface area contributed by atoms with Crippen LogP contribution in [0.3, 0.4) is 0 Å². The van der Waals surface area contributed by atoms with Crippen molar-refractivity contribution >= 4 is 5.97 Å². The molecule has 0 unspecified atom stereocenters. The second-order valence-corrected chi connectivity index (χ2v) is 4.51. The number of carbonyl (C=O) groups is 1. The van der Waals surface area contributed by atoms with Gasteiger partial charge in [0, 0.05) is 6.42 Å². The predicted molar refractivity (Wildman–Crippen MR) is 62.7 cm³/mol. The zero-order valence-electron chi connectivity index (χ0n) is 10.2. The lowest BCUT2D eigenvalue weighted by Crippen LogP contribution is -2.22. The Labute approximate surface area is 96.4 Å². The third-order valence-electron chi connectivity index (χ3n) is 1.77. The van der Waals surface area contributed by atoms with Crippen molar-refractivity contribution in [3.05, 3.63) is 24.3 Å². The Morgan fingerprint density at radius 2 is 1.62 bits per heavy atom. The SMILES string of the molecule is CCC(=O)Oc1ccc(OC(C)(C)C)cc1. The Morgan fingerprint density at radius 3 is 2.06 bits per heavy atom. The first-order chi connectivity index (χ1) is 7.40. The van der Waals surface area contributed by atoms with Gasteiger partial charge in [-0.25, -0.2) is 0 Å². The zero-order valence-corrected chi connectivity index (χ0v) is 10.2. The van der Waals surface area contributed by atoms with Crippen LogP contribution in [0.1, 0.15) is 34.1 Å². The van der Waals surface area contributed by atoms with Gasteiger partial charge >= 0.3 is 5.97 Å². The van der Waals surface area contributed by atoms with Crippen LogP contribution < -0.4 is 9.47 Å². The average Bonchev–Trinajstić information content (AvgIpc) is 2.18.